The molecule has 1 atom stereocenters. The van der Waals surface area contributed by atoms with Gasteiger partial charge in [-0.05, 0) is 25.1 Å². The molecule has 0 saturated heterocycles. The predicted molar refractivity (Wildman–Crippen MR) is 70.8 cm³/mol. The second-order valence-corrected chi connectivity index (χ2v) is 4.71. The average molecular weight is 310 g/mol. The first kappa shape index (κ1) is 12.6. The van der Waals surface area contributed by atoms with Crippen LogP contribution in [0, 0.1) is 0 Å². The molecule has 2 aromatic rings. The molecule has 0 spiro atoms. The Labute approximate surface area is 112 Å². The number of hydrogen-bond donors (Lipinski definition) is 3. The summed E-state index contributed by atoms with van der Waals surface area (Å²) >= 11 is 3.31. The molecule has 0 aliphatic rings. The monoisotopic (exact) mass is 309 g/mol. The third-order valence-corrected chi connectivity index (χ3v) is 2.94. The lowest BCUT2D eigenvalue weighted by molar-refractivity contribution is 0.0939. The lowest BCUT2D eigenvalue weighted by atomic mass is 10.1. The first-order chi connectivity index (χ1) is 8.58. The van der Waals surface area contributed by atoms with E-state index < -0.39 is 0 Å². The number of nitrogens with two attached hydrogens (primary N) is 1. The van der Waals surface area contributed by atoms with Gasteiger partial charge in [-0.3, -0.25) is 9.89 Å². The minimum Gasteiger partial charge on any atom is -0.398 e. The number of carbonyl (C=O) groups is 1. The number of nitrogens with one attached hydrogen (secondary N) is 2. The van der Waals surface area contributed by atoms with E-state index in [0.29, 0.717) is 17.1 Å². The molecule has 1 heterocycles. The Kier molecular flexibility index (Phi) is 3.61. The molecule has 4 N–H and O–H groups in total. The van der Waals surface area contributed by atoms with E-state index in [-0.39, 0.29) is 11.9 Å². The maximum atomic E-state index is 12.0. The molecule has 0 bridgehead atoms. The maximum absolute atomic E-state index is 12.0. The Morgan fingerprint density at radius 1 is 1.56 bits per heavy atom. The standard InChI is InChI=1S/C11H12BrN5O/c1-6(10-14-5-15-17-10)16-11(18)8-4-7(12)2-3-9(8)13/h2-6H,13H2,1H3,(H,16,18)(H,14,15,17). The molecule has 1 aromatic heterocycles. The molecule has 1 unspecified atom stereocenters. The van der Waals surface area contributed by atoms with Crippen LogP contribution < -0.4 is 11.1 Å². The summed E-state index contributed by atoms with van der Waals surface area (Å²) in [4.78, 5) is 16.0. The van der Waals surface area contributed by atoms with Crippen LogP contribution in [0.2, 0.25) is 0 Å². The molecule has 0 saturated carbocycles. The average Bonchev–Trinajstić information content (AvgIpc) is 2.85. The molecule has 0 aliphatic heterocycles. The highest BCUT2D eigenvalue weighted by Gasteiger charge is 2.15. The van der Waals surface area contributed by atoms with Gasteiger partial charge in [0.25, 0.3) is 5.91 Å². The Hall–Kier alpha value is -1.89. The highest BCUT2D eigenvalue weighted by Crippen LogP contribution is 2.19. The topological polar surface area (TPSA) is 96.7 Å². The molecule has 1 amide bonds. The summed E-state index contributed by atoms with van der Waals surface area (Å²) in [5.41, 5.74) is 6.62. The van der Waals surface area contributed by atoms with E-state index in [2.05, 4.69) is 36.4 Å². The Morgan fingerprint density at radius 3 is 3.00 bits per heavy atom. The number of aromatic nitrogens is 3. The Balaban J connectivity index is 2.15. The number of halogens is 1. The number of aromatic amines is 1. The molecule has 0 radical (unpaired) electrons. The van der Waals surface area contributed by atoms with Crippen LogP contribution in [0.15, 0.2) is 29.0 Å². The van der Waals surface area contributed by atoms with Gasteiger partial charge in [-0.15, -0.1) is 0 Å². The van der Waals surface area contributed by atoms with Crippen LogP contribution in [0.5, 0.6) is 0 Å². The molecule has 18 heavy (non-hydrogen) atoms. The SMILES string of the molecule is CC(NC(=O)c1cc(Br)ccc1N)c1ncn[nH]1. The highest BCUT2D eigenvalue weighted by molar-refractivity contribution is 9.10. The number of nitrogen functional groups attached to an aromatic ring is 1. The lowest BCUT2D eigenvalue weighted by Gasteiger charge is -2.12. The van der Waals surface area contributed by atoms with Gasteiger partial charge in [-0.2, -0.15) is 5.10 Å². The second-order valence-electron chi connectivity index (χ2n) is 3.80. The molecule has 2 rings (SSSR count). The number of nitrogens with zero attached hydrogens (tertiary/aromatic N) is 2. The summed E-state index contributed by atoms with van der Waals surface area (Å²) in [6, 6.07) is 4.88. The maximum Gasteiger partial charge on any atom is 0.253 e. The molecule has 0 fully saturated rings. The number of amides is 1. The van der Waals surface area contributed by atoms with Crippen molar-refractivity contribution in [2.75, 3.05) is 5.73 Å². The van der Waals surface area contributed by atoms with Crippen molar-refractivity contribution in [1.82, 2.24) is 20.5 Å². The molecule has 94 valence electrons. The quantitative estimate of drug-likeness (QED) is 0.751. The van der Waals surface area contributed by atoms with E-state index in [9.17, 15) is 4.79 Å². The van der Waals surface area contributed by atoms with Crippen molar-refractivity contribution < 1.29 is 4.79 Å². The van der Waals surface area contributed by atoms with Gasteiger partial charge in [0.2, 0.25) is 0 Å². The number of rotatable bonds is 3. The van der Waals surface area contributed by atoms with Crippen molar-refractivity contribution in [2.45, 2.75) is 13.0 Å². The van der Waals surface area contributed by atoms with Crippen molar-refractivity contribution in [2.24, 2.45) is 0 Å². The normalized spacial score (nSPS) is 12.1. The van der Waals surface area contributed by atoms with Gasteiger partial charge in [0.05, 0.1) is 11.6 Å². The second kappa shape index (κ2) is 5.18. The van der Waals surface area contributed by atoms with Crippen LogP contribution in [0.3, 0.4) is 0 Å². The van der Waals surface area contributed by atoms with E-state index in [1.165, 1.54) is 6.33 Å². The van der Waals surface area contributed by atoms with Crippen LogP contribution in [0.1, 0.15) is 29.1 Å². The highest BCUT2D eigenvalue weighted by atomic mass is 79.9. The van der Waals surface area contributed by atoms with E-state index in [0.717, 1.165) is 4.47 Å². The summed E-state index contributed by atoms with van der Waals surface area (Å²) in [7, 11) is 0. The third kappa shape index (κ3) is 2.67. The molecule has 7 heteroatoms. The van der Waals surface area contributed by atoms with Crippen molar-refractivity contribution in [3.05, 3.63) is 40.4 Å². The van der Waals surface area contributed by atoms with Gasteiger partial charge >= 0.3 is 0 Å². The van der Waals surface area contributed by atoms with Crippen LogP contribution in [-0.2, 0) is 0 Å². The molecule has 6 nitrogen and oxygen atoms in total. The van der Waals surface area contributed by atoms with Gasteiger partial charge in [-0.25, -0.2) is 4.98 Å². The van der Waals surface area contributed by atoms with Crippen LogP contribution >= 0.6 is 15.9 Å². The Bertz CT molecular complexity index is 555. The first-order valence-corrected chi connectivity index (χ1v) is 6.08. The van der Waals surface area contributed by atoms with E-state index in [1.807, 2.05) is 6.92 Å². The molecule has 0 aliphatic carbocycles. The molecular formula is C11H12BrN5O. The van der Waals surface area contributed by atoms with Crippen molar-refractivity contribution in [3.63, 3.8) is 0 Å². The number of benzene rings is 1. The van der Waals surface area contributed by atoms with Gasteiger partial charge in [0.15, 0.2) is 0 Å². The lowest BCUT2D eigenvalue weighted by Crippen LogP contribution is -2.28. The zero-order valence-electron chi connectivity index (χ0n) is 9.64. The smallest absolute Gasteiger partial charge is 0.253 e. The van der Waals surface area contributed by atoms with Crippen LogP contribution in [0.25, 0.3) is 0 Å². The minimum atomic E-state index is -0.265. The fraction of sp³-hybridized carbons (Fsp3) is 0.182. The molecule has 1 aromatic carbocycles. The van der Waals surface area contributed by atoms with Gasteiger partial charge in [0.1, 0.15) is 12.2 Å². The number of carbonyl (C=O) groups excluding carboxylic acids is 1. The van der Waals surface area contributed by atoms with Gasteiger partial charge < -0.3 is 11.1 Å². The fourth-order valence-corrected chi connectivity index (χ4v) is 1.85. The van der Waals surface area contributed by atoms with E-state index in [1.54, 1.807) is 18.2 Å². The summed E-state index contributed by atoms with van der Waals surface area (Å²) in [6.07, 6.45) is 1.39. The predicted octanol–water partition coefficient (Wildman–Crippen LogP) is 1.64. The zero-order chi connectivity index (χ0) is 13.1. The number of H-pyrrole nitrogens is 1. The minimum absolute atomic E-state index is 0.252. The third-order valence-electron chi connectivity index (χ3n) is 2.45. The first-order valence-electron chi connectivity index (χ1n) is 5.29. The number of hydrogen-bond acceptors (Lipinski definition) is 4. The van der Waals surface area contributed by atoms with E-state index in [4.69, 9.17) is 5.73 Å². The summed E-state index contributed by atoms with van der Waals surface area (Å²) < 4.78 is 0.800. The molecular weight excluding hydrogens is 298 g/mol. The van der Waals surface area contributed by atoms with Gasteiger partial charge in [0, 0.05) is 10.2 Å². The summed E-state index contributed by atoms with van der Waals surface area (Å²) in [6.45, 7) is 1.81. The van der Waals surface area contributed by atoms with Gasteiger partial charge in [-0.1, -0.05) is 15.9 Å². The van der Waals surface area contributed by atoms with Crippen LogP contribution in [-0.4, -0.2) is 21.1 Å². The fourth-order valence-electron chi connectivity index (χ4n) is 1.49. The van der Waals surface area contributed by atoms with Crippen LogP contribution in [0.4, 0.5) is 5.69 Å². The Morgan fingerprint density at radius 2 is 2.33 bits per heavy atom. The number of anilines is 1. The zero-order valence-corrected chi connectivity index (χ0v) is 11.2. The van der Waals surface area contributed by atoms with Crippen molar-refractivity contribution >= 4 is 27.5 Å². The van der Waals surface area contributed by atoms with Crippen molar-refractivity contribution in [3.8, 4) is 0 Å². The summed E-state index contributed by atoms with van der Waals surface area (Å²) in [5, 5.41) is 9.23. The summed E-state index contributed by atoms with van der Waals surface area (Å²) in [5.74, 6) is 0.342. The largest absolute Gasteiger partial charge is 0.398 e. The van der Waals surface area contributed by atoms with Crippen molar-refractivity contribution in [1.29, 1.82) is 0 Å². The van der Waals surface area contributed by atoms with E-state index >= 15 is 0 Å².